The fourth-order valence-electron chi connectivity index (χ4n) is 2.78. The van der Waals surface area contributed by atoms with E-state index in [-0.39, 0.29) is 18.2 Å². The van der Waals surface area contributed by atoms with Gasteiger partial charge in [-0.3, -0.25) is 9.59 Å². The monoisotopic (exact) mass is 352 g/mol. The number of rotatable bonds is 7. The van der Waals surface area contributed by atoms with Crippen molar-refractivity contribution in [1.82, 2.24) is 10.2 Å². The SMILES string of the molecule is CCNC(=O)[C@H](C)N(Cc1ccc(C)cc1)C(=O)Cc1ccc(C)cc1. The van der Waals surface area contributed by atoms with E-state index in [0.29, 0.717) is 13.1 Å². The fourth-order valence-corrected chi connectivity index (χ4v) is 2.78. The first kappa shape index (κ1) is 19.7. The van der Waals surface area contributed by atoms with E-state index in [9.17, 15) is 9.59 Å². The maximum atomic E-state index is 13.0. The predicted molar refractivity (Wildman–Crippen MR) is 105 cm³/mol. The standard InChI is InChI=1S/C22H28N2O2/c1-5-23-22(26)18(4)24(15-20-12-8-17(3)9-13-20)21(25)14-19-10-6-16(2)7-11-19/h6-13,18H,5,14-15H2,1-4H3,(H,23,26)/t18-/m0/s1. The molecule has 138 valence electrons. The molecule has 0 bridgehead atoms. The average molecular weight is 352 g/mol. The van der Waals surface area contributed by atoms with Gasteiger partial charge in [-0.05, 0) is 38.8 Å². The zero-order chi connectivity index (χ0) is 19.1. The highest BCUT2D eigenvalue weighted by Gasteiger charge is 2.25. The summed E-state index contributed by atoms with van der Waals surface area (Å²) in [5, 5.41) is 2.81. The van der Waals surface area contributed by atoms with E-state index in [2.05, 4.69) is 5.32 Å². The predicted octanol–water partition coefficient (Wildman–Crippen LogP) is 3.40. The number of amides is 2. The van der Waals surface area contributed by atoms with Crippen molar-refractivity contribution in [2.24, 2.45) is 0 Å². The number of hydrogen-bond donors (Lipinski definition) is 1. The lowest BCUT2D eigenvalue weighted by Crippen LogP contribution is -2.48. The molecule has 0 saturated heterocycles. The van der Waals surface area contributed by atoms with Crippen LogP contribution in [0.4, 0.5) is 0 Å². The number of nitrogens with one attached hydrogen (secondary N) is 1. The number of likely N-dealkylation sites (N-methyl/N-ethyl adjacent to an activating group) is 1. The van der Waals surface area contributed by atoms with Crippen molar-refractivity contribution in [3.8, 4) is 0 Å². The fraction of sp³-hybridized carbons (Fsp3) is 0.364. The van der Waals surface area contributed by atoms with E-state index < -0.39 is 6.04 Å². The van der Waals surface area contributed by atoms with Crippen LogP contribution in [-0.4, -0.2) is 29.3 Å². The van der Waals surface area contributed by atoms with Gasteiger partial charge in [-0.1, -0.05) is 59.7 Å². The molecule has 4 heteroatoms. The van der Waals surface area contributed by atoms with Crippen molar-refractivity contribution < 1.29 is 9.59 Å². The van der Waals surface area contributed by atoms with E-state index in [1.165, 1.54) is 5.56 Å². The summed E-state index contributed by atoms with van der Waals surface area (Å²) < 4.78 is 0. The van der Waals surface area contributed by atoms with Crippen LogP contribution in [0.15, 0.2) is 48.5 Å². The summed E-state index contributed by atoms with van der Waals surface area (Å²) in [6.07, 6.45) is 0.288. The van der Waals surface area contributed by atoms with Gasteiger partial charge in [-0.15, -0.1) is 0 Å². The molecule has 4 nitrogen and oxygen atoms in total. The lowest BCUT2D eigenvalue weighted by atomic mass is 10.1. The minimum Gasteiger partial charge on any atom is -0.355 e. The van der Waals surface area contributed by atoms with Crippen LogP contribution < -0.4 is 5.32 Å². The molecule has 0 aromatic heterocycles. The molecule has 0 aliphatic heterocycles. The summed E-state index contributed by atoms with van der Waals surface area (Å²) in [6, 6.07) is 15.5. The normalized spacial score (nSPS) is 11.7. The minimum absolute atomic E-state index is 0.0480. The van der Waals surface area contributed by atoms with Crippen LogP contribution in [0.5, 0.6) is 0 Å². The third-order valence-corrected chi connectivity index (χ3v) is 4.47. The second kappa shape index (κ2) is 9.18. The van der Waals surface area contributed by atoms with E-state index in [0.717, 1.165) is 16.7 Å². The Kier molecular flexibility index (Phi) is 6.96. The summed E-state index contributed by atoms with van der Waals surface area (Å²) in [5.74, 6) is -0.176. The number of carbonyl (C=O) groups excluding carboxylic acids is 2. The van der Waals surface area contributed by atoms with Gasteiger partial charge in [0.15, 0.2) is 0 Å². The van der Waals surface area contributed by atoms with Gasteiger partial charge < -0.3 is 10.2 Å². The van der Waals surface area contributed by atoms with Crippen LogP contribution >= 0.6 is 0 Å². The van der Waals surface area contributed by atoms with Gasteiger partial charge >= 0.3 is 0 Å². The van der Waals surface area contributed by atoms with Gasteiger partial charge in [0.25, 0.3) is 0 Å². The molecule has 2 aromatic rings. The molecule has 0 aliphatic carbocycles. The lowest BCUT2D eigenvalue weighted by Gasteiger charge is -2.29. The zero-order valence-electron chi connectivity index (χ0n) is 16.1. The smallest absolute Gasteiger partial charge is 0.242 e. The molecule has 0 unspecified atom stereocenters. The number of benzene rings is 2. The van der Waals surface area contributed by atoms with Gasteiger partial charge in [-0.2, -0.15) is 0 Å². The molecular formula is C22H28N2O2. The molecule has 1 N–H and O–H groups in total. The van der Waals surface area contributed by atoms with Crippen molar-refractivity contribution >= 4 is 11.8 Å². The molecule has 0 radical (unpaired) electrons. The first-order chi connectivity index (χ1) is 12.4. The number of nitrogens with zero attached hydrogens (tertiary/aromatic N) is 1. The molecule has 2 rings (SSSR count). The van der Waals surface area contributed by atoms with Crippen LogP contribution in [0.2, 0.25) is 0 Å². The highest BCUT2D eigenvalue weighted by molar-refractivity contribution is 5.88. The maximum Gasteiger partial charge on any atom is 0.242 e. The summed E-state index contributed by atoms with van der Waals surface area (Å²) in [5.41, 5.74) is 4.30. The Balaban J connectivity index is 2.20. The number of aryl methyl sites for hydroxylation is 2. The Labute approximate surface area is 156 Å². The second-order valence-electron chi connectivity index (χ2n) is 6.74. The van der Waals surface area contributed by atoms with Crippen molar-refractivity contribution in [2.45, 2.75) is 46.7 Å². The summed E-state index contributed by atoms with van der Waals surface area (Å²) >= 11 is 0. The largest absolute Gasteiger partial charge is 0.355 e. The van der Waals surface area contributed by atoms with Crippen molar-refractivity contribution in [3.63, 3.8) is 0 Å². The molecule has 0 spiro atoms. The molecule has 0 fully saturated rings. The van der Waals surface area contributed by atoms with Gasteiger partial charge in [0.05, 0.1) is 6.42 Å². The second-order valence-corrected chi connectivity index (χ2v) is 6.74. The Hall–Kier alpha value is -2.62. The first-order valence-corrected chi connectivity index (χ1v) is 9.09. The van der Waals surface area contributed by atoms with Crippen LogP contribution in [0.3, 0.4) is 0 Å². The van der Waals surface area contributed by atoms with Crippen molar-refractivity contribution in [1.29, 1.82) is 0 Å². The van der Waals surface area contributed by atoms with Crippen molar-refractivity contribution in [2.75, 3.05) is 6.54 Å². The molecule has 0 saturated carbocycles. The summed E-state index contributed by atoms with van der Waals surface area (Å²) in [7, 11) is 0. The highest BCUT2D eigenvalue weighted by atomic mass is 16.2. The molecule has 1 atom stereocenters. The van der Waals surface area contributed by atoms with Gasteiger partial charge in [-0.25, -0.2) is 0 Å². The first-order valence-electron chi connectivity index (χ1n) is 9.09. The van der Waals surface area contributed by atoms with Gasteiger partial charge in [0.2, 0.25) is 11.8 Å². The van der Waals surface area contributed by atoms with E-state index in [1.54, 1.807) is 11.8 Å². The Morgan fingerprint density at radius 1 is 0.923 bits per heavy atom. The molecular weight excluding hydrogens is 324 g/mol. The van der Waals surface area contributed by atoms with Gasteiger partial charge in [0.1, 0.15) is 6.04 Å². The molecule has 2 aromatic carbocycles. The van der Waals surface area contributed by atoms with Gasteiger partial charge in [0, 0.05) is 13.1 Å². The average Bonchev–Trinajstić information content (AvgIpc) is 2.62. The Morgan fingerprint density at radius 2 is 1.42 bits per heavy atom. The molecule has 0 heterocycles. The molecule has 26 heavy (non-hydrogen) atoms. The Morgan fingerprint density at radius 3 is 1.92 bits per heavy atom. The maximum absolute atomic E-state index is 13.0. The third kappa shape index (κ3) is 5.45. The third-order valence-electron chi connectivity index (χ3n) is 4.47. The summed E-state index contributed by atoms with van der Waals surface area (Å²) in [6.45, 7) is 8.68. The van der Waals surface area contributed by atoms with Crippen molar-refractivity contribution in [3.05, 3.63) is 70.8 Å². The zero-order valence-corrected chi connectivity index (χ0v) is 16.1. The van der Waals surface area contributed by atoms with E-state index in [1.807, 2.05) is 69.3 Å². The molecule has 0 aliphatic rings. The number of hydrogen-bond acceptors (Lipinski definition) is 2. The van der Waals surface area contributed by atoms with E-state index in [4.69, 9.17) is 0 Å². The van der Waals surface area contributed by atoms with Crippen LogP contribution in [0.1, 0.15) is 36.1 Å². The van der Waals surface area contributed by atoms with E-state index >= 15 is 0 Å². The topological polar surface area (TPSA) is 49.4 Å². The summed E-state index contributed by atoms with van der Waals surface area (Å²) in [4.78, 5) is 27.0. The van der Waals surface area contributed by atoms with Crippen LogP contribution in [0.25, 0.3) is 0 Å². The highest BCUT2D eigenvalue weighted by Crippen LogP contribution is 2.14. The molecule has 2 amide bonds. The Bertz CT molecular complexity index is 736. The van der Waals surface area contributed by atoms with Crippen LogP contribution in [0, 0.1) is 13.8 Å². The number of carbonyl (C=O) groups is 2. The van der Waals surface area contributed by atoms with Crippen LogP contribution in [-0.2, 0) is 22.6 Å². The minimum atomic E-state index is -0.519. The lowest BCUT2D eigenvalue weighted by molar-refractivity contribution is -0.140. The quantitative estimate of drug-likeness (QED) is 0.830.